The van der Waals surface area contributed by atoms with Crippen LogP contribution >= 0.6 is 0 Å². The van der Waals surface area contributed by atoms with Gasteiger partial charge in [0.15, 0.2) is 5.78 Å². The van der Waals surface area contributed by atoms with Crippen LogP contribution in [0.25, 0.3) is 0 Å². The molecule has 0 saturated carbocycles. The molecule has 110 valence electrons. The average Bonchev–Trinajstić information content (AvgIpc) is 2.47. The molecular weight excluding hydrogens is 277 g/mol. The van der Waals surface area contributed by atoms with Gasteiger partial charge >= 0.3 is 6.18 Å². The van der Waals surface area contributed by atoms with Gasteiger partial charge in [0.1, 0.15) is 0 Å². The first kappa shape index (κ1) is 15.3. The lowest BCUT2D eigenvalue weighted by Gasteiger charge is -2.07. The van der Waals surface area contributed by atoms with E-state index < -0.39 is 11.7 Å². The van der Waals surface area contributed by atoms with Crippen LogP contribution in [0.3, 0.4) is 0 Å². The molecule has 0 N–H and O–H groups in total. The minimum atomic E-state index is -4.39. The predicted octanol–water partition coefficient (Wildman–Crippen LogP) is 4.89. The van der Waals surface area contributed by atoms with E-state index >= 15 is 0 Å². The quantitative estimate of drug-likeness (QED) is 0.733. The van der Waals surface area contributed by atoms with Crippen LogP contribution in [0.1, 0.15) is 40.4 Å². The molecule has 0 spiro atoms. The molecule has 0 bridgehead atoms. The van der Waals surface area contributed by atoms with Crippen LogP contribution in [0.15, 0.2) is 48.5 Å². The van der Waals surface area contributed by atoms with Crippen molar-refractivity contribution in [3.63, 3.8) is 0 Å². The summed E-state index contributed by atoms with van der Waals surface area (Å²) in [6.07, 6.45) is -2.43. The molecule has 21 heavy (non-hydrogen) atoms. The van der Waals surface area contributed by atoms with Gasteiger partial charge in [0.05, 0.1) is 5.56 Å². The third-order valence-corrected chi connectivity index (χ3v) is 3.23. The highest BCUT2D eigenvalue weighted by atomic mass is 19.4. The van der Waals surface area contributed by atoms with E-state index in [9.17, 15) is 18.0 Å². The Bertz CT molecular complexity index is 610. The maximum Gasteiger partial charge on any atom is 0.416 e. The van der Waals surface area contributed by atoms with E-state index in [1.807, 2.05) is 12.1 Å². The number of hydrogen-bond acceptors (Lipinski definition) is 1. The summed E-state index contributed by atoms with van der Waals surface area (Å²) in [7, 11) is 0. The highest BCUT2D eigenvalue weighted by Gasteiger charge is 2.30. The minimum Gasteiger partial charge on any atom is -0.289 e. The molecule has 0 unspecified atom stereocenters. The molecule has 2 aromatic carbocycles. The van der Waals surface area contributed by atoms with Crippen LogP contribution in [-0.4, -0.2) is 5.78 Å². The Morgan fingerprint density at radius 1 is 0.905 bits per heavy atom. The number of aryl methyl sites for hydroxylation is 1. The van der Waals surface area contributed by atoms with Gasteiger partial charge in [-0.1, -0.05) is 49.7 Å². The fraction of sp³-hybridized carbons (Fsp3) is 0.235. The SMILES string of the molecule is CCCc1ccc(C(=O)c2ccc(C(F)(F)F)cc2)cc1. The highest BCUT2D eigenvalue weighted by molar-refractivity contribution is 6.08. The van der Waals surface area contributed by atoms with Crippen molar-refractivity contribution in [1.29, 1.82) is 0 Å². The van der Waals surface area contributed by atoms with Gasteiger partial charge < -0.3 is 0 Å². The molecule has 0 aliphatic rings. The van der Waals surface area contributed by atoms with Crippen LogP contribution in [0.2, 0.25) is 0 Å². The zero-order valence-electron chi connectivity index (χ0n) is 11.6. The molecular formula is C17H15F3O. The normalized spacial score (nSPS) is 11.4. The first-order valence-electron chi connectivity index (χ1n) is 6.72. The van der Waals surface area contributed by atoms with Gasteiger partial charge in [-0.25, -0.2) is 0 Å². The van der Waals surface area contributed by atoms with E-state index in [4.69, 9.17) is 0 Å². The molecule has 0 aliphatic heterocycles. The first-order valence-corrected chi connectivity index (χ1v) is 6.72. The van der Waals surface area contributed by atoms with Crippen molar-refractivity contribution >= 4 is 5.78 Å². The van der Waals surface area contributed by atoms with Crippen LogP contribution < -0.4 is 0 Å². The van der Waals surface area contributed by atoms with Gasteiger partial charge in [0.25, 0.3) is 0 Å². The van der Waals surface area contributed by atoms with Crippen LogP contribution in [0.5, 0.6) is 0 Å². The number of ketones is 1. The first-order chi connectivity index (χ1) is 9.91. The number of halogens is 3. The molecule has 0 aliphatic carbocycles. The summed E-state index contributed by atoms with van der Waals surface area (Å²) in [6.45, 7) is 2.07. The Balaban J connectivity index is 2.19. The van der Waals surface area contributed by atoms with Gasteiger partial charge in [0.2, 0.25) is 0 Å². The smallest absolute Gasteiger partial charge is 0.289 e. The van der Waals surface area contributed by atoms with E-state index in [1.165, 1.54) is 12.1 Å². The van der Waals surface area contributed by atoms with Crippen molar-refractivity contribution in [3.05, 3.63) is 70.8 Å². The third kappa shape index (κ3) is 3.72. The van der Waals surface area contributed by atoms with E-state index in [0.717, 1.165) is 30.5 Å². The third-order valence-electron chi connectivity index (χ3n) is 3.23. The predicted molar refractivity (Wildman–Crippen MR) is 75.3 cm³/mol. The fourth-order valence-electron chi connectivity index (χ4n) is 2.09. The standard InChI is InChI=1S/C17H15F3O/c1-2-3-12-4-6-13(7-5-12)16(21)14-8-10-15(11-9-14)17(18,19)20/h4-11H,2-3H2,1H3. The highest BCUT2D eigenvalue weighted by Crippen LogP contribution is 2.29. The Morgan fingerprint density at radius 2 is 1.38 bits per heavy atom. The molecule has 0 heterocycles. The lowest BCUT2D eigenvalue weighted by Crippen LogP contribution is -2.06. The Labute approximate surface area is 121 Å². The van der Waals surface area contributed by atoms with Gasteiger partial charge in [-0.3, -0.25) is 4.79 Å². The van der Waals surface area contributed by atoms with Gasteiger partial charge in [0, 0.05) is 11.1 Å². The zero-order chi connectivity index (χ0) is 15.5. The molecule has 0 saturated heterocycles. The lowest BCUT2D eigenvalue weighted by atomic mass is 10.00. The minimum absolute atomic E-state index is 0.256. The second-order valence-corrected chi connectivity index (χ2v) is 4.85. The maximum atomic E-state index is 12.5. The Morgan fingerprint density at radius 3 is 1.81 bits per heavy atom. The van der Waals surface area contributed by atoms with E-state index in [1.54, 1.807) is 12.1 Å². The van der Waals surface area contributed by atoms with Crippen molar-refractivity contribution in [2.45, 2.75) is 25.9 Å². The molecule has 1 nitrogen and oxygen atoms in total. The largest absolute Gasteiger partial charge is 0.416 e. The molecule has 0 amide bonds. The molecule has 0 radical (unpaired) electrons. The summed E-state index contributed by atoms with van der Waals surface area (Å²) < 4.78 is 37.4. The summed E-state index contributed by atoms with van der Waals surface area (Å²) in [5.41, 5.74) is 1.12. The zero-order valence-corrected chi connectivity index (χ0v) is 11.6. The topological polar surface area (TPSA) is 17.1 Å². The van der Waals surface area contributed by atoms with Crippen LogP contribution in [0.4, 0.5) is 13.2 Å². The average molecular weight is 292 g/mol. The lowest BCUT2D eigenvalue weighted by molar-refractivity contribution is -0.137. The fourth-order valence-corrected chi connectivity index (χ4v) is 2.09. The van der Waals surface area contributed by atoms with Gasteiger partial charge in [-0.2, -0.15) is 13.2 Å². The summed E-state index contributed by atoms with van der Waals surface area (Å²) in [5, 5.41) is 0. The summed E-state index contributed by atoms with van der Waals surface area (Å²) in [4.78, 5) is 12.2. The Hall–Kier alpha value is -2.10. The molecule has 4 heteroatoms. The molecule has 0 aromatic heterocycles. The summed E-state index contributed by atoms with van der Waals surface area (Å²) >= 11 is 0. The van der Waals surface area contributed by atoms with Crippen molar-refractivity contribution < 1.29 is 18.0 Å². The molecule has 0 fully saturated rings. The van der Waals surface area contributed by atoms with Crippen molar-refractivity contribution in [2.75, 3.05) is 0 Å². The van der Waals surface area contributed by atoms with Crippen molar-refractivity contribution in [1.82, 2.24) is 0 Å². The number of benzene rings is 2. The number of hydrogen-bond donors (Lipinski definition) is 0. The van der Waals surface area contributed by atoms with Crippen molar-refractivity contribution in [3.8, 4) is 0 Å². The molecule has 2 rings (SSSR count). The van der Waals surface area contributed by atoms with Crippen LogP contribution in [-0.2, 0) is 12.6 Å². The summed E-state index contributed by atoms with van der Waals surface area (Å²) in [6, 6.07) is 11.5. The second kappa shape index (κ2) is 6.12. The van der Waals surface area contributed by atoms with E-state index in [0.29, 0.717) is 5.56 Å². The maximum absolute atomic E-state index is 12.5. The number of alkyl halides is 3. The number of carbonyl (C=O) groups excluding carboxylic acids is 1. The number of rotatable bonds is 4. The monoisotopic (exact) mass is 292 g/mol. The number of carbonyl (C=O) groups is 1. The molecule has 2 aromatic rings. The van der Waals surface area contributed by atoms with Gasteiger partial charge in [-0.05, 0) is 24.1 Å². The van der Waals surface area contributed by atoms with Crippen molar-refractivity contribution in [2.24, 2.45) is 0 Å². The molecule has 0 atom stereocenters. The van der Waals surface area contributed by atoms with E-state index in [-0.39, 0.29) is 11.3 Å². The van der Waals surface area contributed by atoms with Crippen LogP contribution in [0, 0.1) is 0 Å². The second-order valence-electron chi connectivity index (χ2n) is 4.85. The van der Waals surface area contributed by atoms with E-state index in [2.05, 4.69) is 6.92 Å². The Kier molecular flexibility index (Phi) is 4.46. The van der Waals surface area contributed by atoms with Gasteiger partial charge in [-0.15, -0.1) is 0 Å². The summed E-state index contributed by atoms with van der Waals surface area (Å²) in [5.74, 6) is -0.272.